The number of aliphatic imine (C=N–C) groups is 1. The summed E-state index contributed by atoms with van der Waals surface area (Å²) in [6.45, 7) is 2.26. The fraction of sp³-hybridized carbons (Fsp3) is 0.182. The number of ether oxygens (including phenoxy) is 2. The summed E-state index contributed by atoms with van der Waals surface area (Å²) >= 11 is 0.720. The van der Waals surface area contributed by atoms with Crippen molar-refractivity contribution in [2.45, 2.75) is 13.5 Å². The van der Waals surface area contributed by atoms with Crippen molar-refractivity contribution in [3.05, 3.63) is 69.3 Å². The number of nitrogens with zero attached hydrogens (tertiary/aromatic N) is 4. The Bertz CT molecular complexity index is 1460. The number of amides is 1. The van der Waals surface area contributed by atoms with Crippen LogP contribution in [0.4, 0.5) is 5.69 Å². The minimum atomic E-state index is -3.75. The highest BCUT2D eigenvalue weighted by Crippen LogP contribution is 2.33. The Morgan fingerprint density at radius 1 is 1.17 bits per heavy atom. The second-order valence-corrected chi connectivity index (χ2v) is 10.2. The van der Waals surface area contributed by atoms with Crippen LogP contribution in [-0.4, -0.2) is 53.2 Å². The van der Waals surface area contributed by atoms with Crippen molar-refractivity contribution < 1.29 is 27.6 Å². The van der Waals surface area contributed by atoms with Gasteiger partial charge in [0.2, 0.25) is 20.2 Å². The number of benzene rings is 2. The fourth-order valence-corrected chi connectivity index (χ4v) is 5.13. The molecule has 0 spiro atoms. The van der Waals surface area contributed by atoms with E-state index in [1.54, 1.807) is 37.3 Å². The lowest BCUT2D eigenvalue weighted by molar-refractivity contribution is -0.384. The average molecular weight is 530 g/mol. The van der Waals surface area contributed by atoms with Crippen LogP contribution in [0.25, 0.3) is 6.08 Å². The van der Waals surface area contributed by atoms with E-state index in [-0.39, 0.29) is 34.0 Å². The highest BCUT2D eigenvalue weighted by atomic mass is 32.2. The molecule has 0 unspecified atom stereocenters. The highest BCUT2D eigenvalue weighted by Gasteiger charge is 2.41. The molecule has 0 aliphatic carbocycles. The van der Waals surface area contributed by atoms with Gasteiger partial charge in [0, 0.05) is 18.4 Å². The van der Waals surface area contributed by atoms with Crippen molar-refractivity contribution in [2.75, 3.05) is 12.9 Å². The molecule has 186 valence electrons. The van der Waals surface area contributed by atoms with Gasteiger partial charge in [-0.1, -0.05) is 6.07 Å². The first-order valence-corrected chi connectivity index (χ1v) is 13.1. The molecule has 2 aromatic rings. The van der Waals surface area contributed by atoms with Crippen molar-refractivity contribution in [1.82, 2.24) is 4.90 Å². The summed E-state index contributed by atoms with van der Waals surface area (Å²) in [6, 6.07) is 10.9. The Hall–Kier alpha value is -4.04. The molecule has 2 aromatic carbocycles. The summed E-state index contributed by atoms with van der Waals surface area (Å²) in [6.07, 6.45) is 2.38. The molecule has 14 heteroatoms. The smallest absolute Gasteiger partial charge is 0.283 e. The molecule has 0 aromatic heterocycles. The first-order valence-electron chi connectivity index (χ1n) is 10.4. The normalized spacial score (nSPS) is 16.5. The van der Waals surface area contributed by atoms with Crippen LogP contribution >= 0.6 is 11.9 Å². The third-order valence-corrected chi connectivity index (χ3v) is 6.70. The first kappa shape index (κ1) is 25.1. The summed E-state index contributed by atoms with van der Waals surface area (Å²) in [5, 5.41) is 18.9. The fourth-order valence-electron chi connectivity index (χ4n) is 3.28. The van der Waals surface area contributed by atoms with Crippen LogP contribution in [0, 0.1) is 15.5 Å². The van der Waals surface area contributed by atoms with Gasteiger partial charge in [-0.2, -0.15) is 9.39 Å². The van der Waals surface area contributed by atoms with Crippen molar-refractivity contribution in [3.63, 3.8) is 0 Å². The van der Waals surface area contributed by atoms with Crippen LogP contribution in [-0.2, 0) is 21.2 Å². The molecular weight excluding hydrogens is 510 g/mol. The number of sulfone groups is 1. The molecular formula is C22H19N5O7S2. The molecule has 0 saturated carbocycles. The van der Waals surface area contributed by atoms with Gasteiger partial charge >= 0.3 is 0 Å². The lowest BCUT2D eigenvalue weighted by Crippen LogP contribution is -2.45. The standard InChI is InChI=1S/C22H19N5O7S2/c1-3-33-18-11-14(6-9-17(18)34-12-13-4-7-15(8-5-13)27(29)30)10-16-19(23)26-21(24-20(16)28)35-25-22(26)36(2,31)32/h4-11,23H,3,12H2,1-2H3/b16-10-,23-19?. The lowest BCUT2D eigenvalue weighted by atomic mass is 10.1. The SMILES string of the molecule is CCOc1cc(/C=C2/C(=N)N3C(=NC2=O)SN=C3S(C)(=O)=O)ccc1OCc1ccc([N+](=O)[O-])cc1. The minimum Gasteiger partial charge on any atom is -0.490 e. The van der Waals surface area contributed by atoms with Gasteiger partial charge in [-0.15, -0.1) is 0 Å². The van der Waals surface area contributed by atoms with E-state index in [1.165, 1.54) is 18.2 Å². The number of amidine groups is 3. The van der Waals surface area contributed by atoms with Crippen molar-refractivity contribution in [2.24, 2.45) is 9.39 Å². The predicted octanol–water partition coefficient (Wildman–Crippen LogP) is 3.19. The number of rotatable bonds is 7. The number of fused-ring (bicyclic) bond motifs is 1. The molecule has 4 rings (SSSR count). The molecule has 0 bridgehead atoms. The molecule has 36 heavy (non-hydrogen) atoms. The third kappa shape index (κ3) is 5.13. The summed E-state index contributed by atoms with van der Waals surface area (Å²) < 4.78 is 39.4. The maximum absolute atomic E-state index is 12.6. The molecule has 0 fully saturated rings. The lowest BCUT2D eigenvalue weighted by Gasteiger charge is -2.23. The Kier molecular flexibility index (Phi) is 6.90. The Morgan fingerprint density at radius 2 is 1.89 bits per heavy atom. The van der Waals surface area contributed by atoms with Crippen LogP contribution in [0.1, 0.15) is 18.1 Å². The second-order valence-electron chi connectivity index (χ2n) is 7.53. The Labute approximate surface area is 210 Å². The maximum atomic E-state index is 12.6. The van der Waals surface area contributed by atoms with E-state index >= 15 is 0 Å². The Balaban J connectivity index is 1.58. The molecule has 2 aliphatic rings. The third-order valence-electron chi connectivity index (χ3n) is 4.95. The quantitative estimate of drug-likeness (QED) is 0.245. The zero-order valence-corrected chi connectivity index (χ0v) is 20.6. The molecule has 12 nitrogen and oxygen atoms in total. The van der Waals surface area contributed by atoms with Crippen molar-refractivity contribution in [1.29, 1.82) is 5.41 Å². The van der Waals surface area contributed by atoms with Crippen molar-refractivity contribution >= 4 is 55.6 Å². The van der Waals surface area contributed by atoms with E-state index in [4.69, 9.17) is 14.9 Å². The number of nitrogens with one attached hydrogen (secondary N) is 1. The molecule has 1 N–H and O–H groups in total. The monoisotopic (exact) mass is 529 g/mol. The molecule has 2 aliphatic heterocycles. The van der Waals surface area contributed by atoms with E-state index in [2.05, 4.69) is 9.39 Å². The Morgan fingerprint density at radius 3 is 2.53 bits per heavy atom. The van der Waals surface area contributed by atoms with Crippen LogP contribution in [0.2, 0.25) is 0 Å². The van der Waals surface area contributed by atoms with E-state index in [0.717, 1.165) is 28.7 Å². The number of hydrogen-bond donors (Lipinski definition) is 1. The van der Waals surface area contributed by atoms with Crippen LogP contribution in [0.15, 0.2) is 57.4 Å². The molecule has 1 amide bonds. The van der Waals surface area contributed by atoms with Gasteiger partial charge in [0.15, 0.2) is 11.5 Å². The van der Waals surface area contributed by atoms with Gasteiger partial charge in [0.05, 0.1) is 29.1 Å². The second kappa shape index (κ2) is 9.91. The largest absolute Gasteiger partial charge is 0.490 e. The summed E-state index contributed by atoms with van der Waals surface area (Å²) in [7, 11) is -3.75. The van der Waals surface area contributed by atoms with Crippen LogP contribution in [0.3, 0.4) is 0 Å². The van der Waals surface area contributed by atoms with Crippen LogP contribution < -0.4 is 9.47 Å². The summed E-state index contributed by atoms with van der Waals surface area (Å²) in [5.74, 6) is -0.260. The number of nitro groups is 1. The zero-order valence-electron chi connectivity index (χ0n) is 19.0. The summed E-state index contributed by atoms with van der Waals surface area (Å²) in [4.78, 5) is 27.8. The van der Waals surface area contributed by atoms with Gasteiger partial charge in [-0.05, 0) is 48.4 Å². The van der Waals surface area contributed by atoms with E-state index < -0.39 is 20.7 Å². The number of non-ortho nitro benzene ring substituents is 1. The van der Waals surface area contributed by atoms with Gasteiger partial charge in [-0.25, -0.2) is 13.3 Å². The van der Waals surface area contributed by atoms with Gasteiger partial charge in [0.1, 0.15) is 12.4 Å². The first-order chi connectivity index (χ1) is 17.1. The highest BCUT2D eigenvalue weighted by molar-refractivity contribution is 8.16. The topological polar surface area (TPSA) is 165 Å². The number of nitro benzene ring substituents is 1. The van der Waals surface area contributed by atoms with Gasteiger partial charge in [0.25, 0.3) is 11.6 Å². The van der Waals surface area contributed by atoms with E-state index in [1.807, 2.05) is 0 Å². The number of carbonyl (C=O) groups is 1. The average Bonchev–Trinajstić information content (AvgIpc) is 3.26. The van der Waals surface area contributed by atoms with Gasteiger partial charge in [-0.3, -0.25) is 20.3 Å². The minimum absolute atomic E-state index is 0.00701. The molecule has 0 radical (unpaired) electrons. The van der Waals surface area contributed by atoms with Crippen LogP contribution in [0.5, 0.6) is 11.5 Å². The zero-order chi connectivity index (χ0) is 26.0. The van der Waals surface area contributed by atoms with E-state index in [9.17, 15) is 23.3 Å². The van der Waals surface area contributed by atoms with Gasteiger partial charge < -0.3 is 9.47 Å². The number of carbonyl (C=O) groups excluding carboxylic acids is 1. The van der Waals surface area contributed by atoms with E-state index in [0.29, 0.717) is 23.7 Å². The van der Waals surface area contributed by atoms with Crippen molar-refractivity contribution in [3.8, 4) is 11.5 Å². The number of hydrogen-bond acceptors (Lipinski definition) is 10. The predicted molar refractivity (Wildman–Crippen MR) is 135 cm³/mol. The molecule has 2 heterocycles. The maximum Gasteiger partial charge on any atom is 0.283 e. The molecule has 0 atom stereocenters. The molecule has 0 saturated heterocycles. The summed E-state index contributed by atoms with van der Waals surface area (Å²) in [5.41, 5.74) is 1.08.